The molecule has 0 radical (unpaired) electrons. The van der Waals surface area contributed by atoms with Gasteiger partial charge in [0.05, 0.1) is 11.3 Å². The molecule has 2 aliphatic rings. The molecule has 1 aromatic heterocycles. The first-order valence-corrected chi connectivity index (χ1v) is 14.1. The highest BCUT2D eigenvalue weighted by Gasteiger charge is 2.21. The van der Waals surface area contributed by atoms with Gasteiger partial charge in [-0.1, -0.05) is 6.07 Å². The summed E-state index contributed by atoms with van der Waals surface area (Å²) in [5, 5.41) is 26.6. The van der Waals surface area contributed by atoms with Crippen LogP contribution in [-0.4, -0.2) is 63.6 Å². The molecule has 2 fully saturated rings. The highest BCUT2D eigenvalue weighted by molar-refractivity contribution is 6.15. The van der Waals surface area contributed by atoms with Crippen LogP contribution in [0.1, 0.15) is 60.2 Å². The standard InChI is InChI=1S/C27H33N7O3.CH3Cl.4H3N.4H2/c1-18-8-10-20(22(35)16-18)24(37)29-21-11-9-19(17-23(21)36)28-25-30-26(33-12-4-2-5-13-33)32-27(31-25)34-14-6-3-7-15-34;1-2;;;;;;;;/h8-11,16-17,35-36H,2-7,12-15H2,1H3,(H,29,37)(H,28,30,31,32);1H3;4*1H3;4*1H. The summed E-state index contributed by atoms with van der Waals surface area (Å²) >= 11 is 4.64. The van der Waals surface area contributed by atoms with E-state index in [1.807, 2.05) is 6.92 Å². The second kappa shape index (κ2) is 18.6. The van der Waals surface area contributed by atoms with Crippen molar-refractivity contribution in [1.82, 2.24) is 39.6 Å². The van der Waals surface area contributed by atoms with Crippen molar-refractivity contribution in [3.05, 3.63) is 47.5 Å². The number of amides is 1. The minimum Gasteiger partial charge on any atom is -0.507 e. The summed E-state index contributed by atoms with van der Waals surface area (Å²) in [5.74, 6) is 1.01. The first kappa shape index (κ1) is 39.0. The van der Waals surface area contributed by atoms with Crippen molar-refractivity contribution in [3.63, 3.8) is 0 Å². The summed E-state index contributed by atoms with van der Waals surface area (Å²) in [6.07, 6.45) is 8.39. The normalized spacial score (nSPS) is 13.8. The van der Waals surface area contributed by atoms with Crippen LogP contribution in [-0.2, 0) is 0 Å². The van der Waals surface area contributed by atoms with Gasteiger partial charge in [0.2, 0.25) is 17.8 Å². The highest BCUT2D eigenvalue weighted by atomic mass is 35.5. The van der Waals surface area contributed by atoms with Crippen molar-refractivity contribution in [3.8, 4) is 11.5 Å². The van der Waals surface area contributed by atoms with Crippen molar-refractivity contribution in [1.29, 1.82) is 0 Å². The first-order chi connectivity index (χ1) is 19.0. The molecule has 15 heteroatoms. The quantitative estimate of drug-likeness (QED) is 0.100. The first-order valence-electron chi connectivity index (χ1n) is 13.3. The Kier molecular flexibility index (Phi) is 16.9. The summed E-state index contributed by atoms with van der Waals surface area (Å²) in [5.41, 5.74) is 1.79. The van der Waals surface area contributed by atoms with E-state index in [2.05, 4.69) is 32.0 Å². The number of alkyl halides is 1. The third kappa shape index (κ3) is 10.1. The van der Waals surface area contributed by atoms with Gasteiger partial charge in [-0.15, -0.1) is 11.6 Å². The molecule has 3 heterocycles. The van der Waals surface area contributed by atoms with E-state index in [4.69, 9.17) is 15.0 Å². The molecule has 43 heavy (non-hydrogen) atoms. The Balaban J connectivity index is -0.000000577. The van der Waals surface area contributed by atoms with Gasteiger partial charge in [-0.2, -0.15) is 15.0 Å². The van der Waals surface area contributed by atoms with Crippen LogP contribution in [0.4, 0.5) is 29.2 Å². The number of rotatable bonds is 6. The number of carbonyl (C=O) groups is 1. The molecule has 14 nitrogen and oxygen atoms in total. The van der Waals surface area contributed by atoms with Gasteiger partial charge in [-0.3, -0.25) is 4.79 Å². The monoisotopic (exact) mass is 629 g/mol. The summed E-state index contributed by atoms with van der Waals surface area (Å²) in [4.78, 5) is 31.2. The van der Waals surface area contributed by atoms with Crippen LogP contribution in [0.25, 0.3) is 0 Å². The van der Waals surface area contributed by atoms with E-state index < -0.39 is 5.91 Å². The lowest BCUT2D eigenvalue weighted by Gasteiger charge is -2.30. The third-order valence-corrected chi connectivity index (χ3v) is 6.79. The molecule has 2 saturated heterocycles. The zero-order valence-electron chi connectivity index (χ0n) is 25.3. The SMILES string of the molecule is CCl.Cc1ccc(C(=O)Nc2ccc(Nc3nc(N4CCCCC4)nc(N4CCCCC4)n3)cc2O)c(O)c1.N.N.N.N.[HH].[HH].[HH].[HH]. The van der Waals surface area contributed by atoms with Crippen LogP contribution in [0.3, 0.4) is 0 Å². The number of nitrogens with one attached hydrogen (secondary N) is 2. The van der Waals surface area contributed by atoms with Gasteiger partial charge >= 0.3 is 0 Å². The minimum atomic E-state index is -0.511. The predicted molar refractivity (Wildman–Crippen MR) is 184 cm³/mol. The Morgan fingerprint density at radius 1 is 0.767 bits per heavy atom. The van der Waals surface area contributed by atoms with Gasteiger partial charge in [-0.05, 0) is 75.3 Å². The maximum absolute atomic E-state index is 12.6. The molecule has 248 valence electrons. The van der Waals surface area contributed by atoms with Crippen LogP contribution in [0, 0.1) is 6.92 Å². The summed E-state index contributed by atoms with van der Waals surface area (Å²) in [6, 6.07) is 9.65. The summed E-state index contributed by atoms with van der Waals surface area (Å²) in [7, 11) is 0. The maximum atomic E-state index is 12.6. The minimum absolute atomic E-state index is 0. The van der Waals surface area contributed by atoms with Crippen LogP contribution in [0.5, 0.6) is 11.5 Å². The second-order valence-corrected chi connectivity index (χ2v) is 9.69. The molecule has 0 unspecified atom stereocenters. The number of carbonyl (C=O) groups excluding carboxylic acids is 1. The number of anilines is 5. The zero-order chi connectivity index (χ0) is 27.8. The summed E-state index contributed by atoms with van der Waals surface area (Å²) < 4.78 is 0. The number of hydrogen-bond acceptors (Lipinski definition) is 13. The van der Waals surface area contributed by atoms with Gasteiger partial charge in [0.1, 0.15) is 11.5 Å². The molecule has 0 aliphatic carbocycles. The van der Waals surface area contributed by atoms with E-state index in [9.17, 15) is 15.0 Å². The third-order valence-electron chi connectivity index (χ3n) is 6.79. The fourth-order valence-electron chi connectivity index (χ4n) is 4.75. The van der Waals surface area contributed by atoms with Gasteiger partial charge in [-0.25, -0.2) is 0 Å². The average Bonchev–Trinajstić information content (AvgIpc) is 2.96. The molecule has 0 bridgehead atoms. The molecule has 0 atom stereocenters. The fraction of sp³-hybridized carbons (Fsp3) is 0.429. The number of aryl methyl sites for hydroxylation is 1. The maximum Gasteiger partial charge on any atom is 0.259 e. The van der Waals surface area contributed by atoms with Crippen molar-refractivity contribution in [2.75, 3.05) is 53.0 Å². The van der Waals surface area contributed by atoms with Crippen molar-refractivity contribution >= 4 is 46.7 Å². The average molecular weight is 630 g/mol. The fourth-order valence-corrected chi connectivity index (χ4v) is 4.75. The second-order valence-electron chi connectivity index (χ2n) is 9.69. The van der Waals surface area contributed by atoms with E-state index in [0.29, 0.717) is 23.5 Å². The van der Waals surface area contributed by atoms with Gasteiger partial charge < -0.3 is 55.2 Å². The molecule has 2 aromatic carbocycles. The number of phenolic OH excluding ortho intramolecular Hbond substituents is 2. The number of benzene rings is 2. The Morgan fingerprint density at radius 3 is 1.79 bits per heavy atom. The molecular weight excluding hydrogens is 574 g/mol. The molecule has 16 N–H and O–H groups in total. The lowest BCUT2D eigenvalue weighted by Crippen LogP contribution is -2.34. The van der Waals surface area contributed by atoms with Crippen molar-refractivity contribution in [2.45, 2.75) is 45.4 Å². The Morgan fingerprint density at radius 2 is 1.30 bits per heavy atom. The predicted octanol–water partition coefficient (Wildman–Crippen LogP) is 7.05. The Hall–Kier alpha value is -3.95. The molecule has 3 aromatic rings. The Bertz CT molecular complexity index is 1270. The van der Waals surface area contributed by atoms with Gasteiger partial charge in [0.25, 0.3) is 5.91 Å². The molecule has 2 aliphatic heterocycles. The zero-order valence-corrected chi connectivity index (χ0v) is 26.0. The van der Waals surface area contributed by atoms with Crippen molar-refractivity contribution in [2.24, 2.45) is 0 Å². The Labute approximate surface area is 264 Å². The van der Waals surface area contributed by atoms with Crippen molar-refractivity contribution < 1.29 is 20.7 Å². The van der Waals surface area contributed by atoms with Crippen LogP contribution in [0.15, 0.2) is 36.4 Å². The largest absolute Gasteiger partial charge is 0.507 e. The lowest BCUT2D eigenvalue weighted by molar-refractivity contribution is 0.102. The van der Waals surface area contributed by atoms with E-state index in [1.165, 1.54) is 31.4 Å². The van der Waals surface area contributed by atoms with Crippen LogP contribution in [0.2, 0.25) is 0 Å². The molecule has 0 saturated carbocycles. The number of halogens is 1. The van der Waals surface area contributed by atoms with E-state index in [0.717, 1.165) is 57.4 Å². The number of aromatic nitrogens is 3. The molecular formula is C28H56ClN11O3. The number of phenols is 2. The van der Waals surface area contributed by atoms with Crippen LogP contribution < -0.4 is 45.0 Å². The number of piperidine rings is 2. The van der Waals surface area contributed by atoms with E-state index in [1.54, 1.807) is 24.3 Å². The van der Waals surface area contributed by atoms with E-state index >= 15 is 0 Å². The van der Waals surface area contributed by atoms with Gasteiger partial charge in [0.15, 0.2) is 0 Å². The smallest absolute Gasteiger partial charge is 0.259 e. The number of nitrogens with zero attached hydrogens (tertiary/aromatic N) is 5. The molecule has 1 amide bonds. The highest BCUT2D eigenvalue weighted by Crippen LogP contribution is 2.30. The topological polar surface area (TPSA) is 267 Å². The summed E-state index contributed by atoms with van der Waals surface area (Å²) in [6.45, 7) is 5.53. The molecule has 0 spiro atoms. The lowest BCUT2D eigenvalue weighted by atomic mass is 10.1. The van der Waals surface area contributed by atoms with Crippen LogP contribution >= 0.6 is 11.6 Å². The van der Waals surface area contributed by atoms with E-state index in [-0.39, 0.29) is 53.1 Å². The molecule has 5 rings (SSSR count). The van der Waals surface area contributed by atoms with Gasteiger partial charge in [0, 0.05) is 50.0 Å². The number of aromatic hydroxyl groups is 2. The number of hydrogen-bond donors (Lipinski definition) is 8.